The van der Waals surface area contributed by atoms with E-state index in [1.54, 1.807) is 0 Å². The molecule has 0 rings (SSSR count). The molecule has 0 heterocycles. The SMILES string of the molecule is COC(=O)[C@@H](N)CC/C=C(\F)CO. The monoisotopic (exact) mass is 191 g/mol. The normalized spacial score (nSPS) is 14.0. The molecule has 0 aliphatic rings. The summed E-state index contributed by atoms with van der Waals surface area (Å²) in [5.74, 6) is -1.13. The molecule has 0 aromatic carbocycles. The topological polar surface area (TPSA) is 72.5 Å². The number of aliphatic hydroxyl groups is 1. The highest BCUT2D eigenvalue weighted by Gasteiger charge is 2.11. The number of carbonyl (C=O) groups is 1. The van der Waals surface area contributed by atoms with Crippen LogP contribution >= 0.6 is 0 Å². The summed E-state index contributed by atoms with van der Waals surface area (Å²) in [6.07, 6.45) is 1.81. The first kappa shape index (κ1) is 12.1. The minimum atomic E-state index is -0.729. The predicted molar refractivity (Wildman–Crippen MR) is 45.5 cm³/mol. The number of ether oxygens (including phenoxy) is 1. The molecule has 13 heavy (non-hydrogen) atoms. The first-order valence-electron chi connectivity index (χ1n) is 3.90. The molecule has 0 aliphatic heterocycles. The maximum atomic E-state index is 12.3. The number of halogens is 1. The van der Waals surface area contributed by atoms with Gasteiger partial charge >= 0.3 is 5.97 Å². The predicted octanol–water partition coefficient (Wildman–Crippen LogP) is 0.113. The van der Waals surface area contributed by atoms with Crippen molar-refractivity contribution in [1.82, 2.24) is 0 Å². The summed E-state index contributed by atoms with van der Waals surface area (Å²) in [5.41, 5.74) is 5.37. The molecule has 0 aromatic heterocycles. The molecule has 0 unspecified atom stereocenters. The lowest BCUT2D eigenvalue weighted by molar-refractivity contribution is -0.142. The highest BCUT2D eigenvalue weighted by Crippen LogP contribution is 2.02. The van der Waals surface area contributed by atoms with Crippen LogP contribution in [-0.2, 0) is 9.53 Å². The van der Waals surface area contributed by atoms with E-state index in [1.807, 2.05) is 0 Å². The molecule has 0 saturated heterocycles. The Balaban J connectivity index is 3.70. The number of nitrogens with two attached hydrogens (primary N) is 1. The zero-order valence-corrected chi connectivity index (χ0v) is 7.50. The molecular weight excluding hydrogens is 177 g/mol. The van der Waals surface area contributed by atoms with Crippen molar-refractivity contribution in [2.24, 2.45) is 5.73 Å². The smallest absolute Gasteiger partial charge is 0.322 e. The Hall–Kier alpha value is -0.940. The fourth-order valence-electron chi connectivity index (χ4n) is 0.753. The van der Waals surface area contributed by atoms with Crippen molar-refractivity contribution in [3.05, 3.63) is 11.9 Å². The Morgan fingerprint density at radius 2 is 2.38 bits per heavy atom. The summed E-state index contributed by atoms with van der Waals surface area (Å²) in [5, 5.41) is 8.29. The second kappa shape index (κ2) is 6.56. The van der Waals surface area contributed by atoms with Crippen molar-refractivity contribution in [2.45, 2.75) is 18.9 Å². The fourth-order valence-corrected chi connectivity index (χ4v) is 0.753. The summed E-state index contributed by atoms with van der Waals surface area (Å²) < 4.78 is 16.7. The van der Waals surface area contributed by atoms with Gasteiger partial charge in [-0.1, -0.05) is 6.08 Å². The van der Waals surface area contributed by atoms with E-state index in [2.05, 4.69) is 4.74 Å². The maximum absolute atomic E-state index is 12.3. The summed E-state index contributed by atoms with van der Waals surface area (Å²) in [4.78, 5) is 10.7. The van der Waals surface area contributed by atoms with Crippen LogP contribution in [0, 0.1) is 0 Å². The van der Waals surface area contributed by atoms with Crippen LogP contribution in [0.25, 0.3) is 0 Å². The number of rotatable bonds is 5. The van der Waals surface area contributed by atoms with Gasteiger partial charge in [0.1, 0.15) is 11.9 Å². The third-order valence-corrected chi connectivity index (χ3v) is 1.50. The van der Waals surface area contributed by atoms with Crippen LogP contribution in [0.4, 0.5) is 4.39 Å². The number of esters is 1. The molecule has 0 radical (unpaired) electrons. The number of aliphatic hydroxyl groups excluding tert-OH is 1. The highest BCUT2D eigenvalue weighted by atomic mass is 19.1. The van der Waals surface area contributed by atoms with Gasteiger partial charge in [-0.3, -0.25) is 4.79 Å². The summed E-state index contributed by atoms with van der Waals surface area (Å²) in [6.45, 7) is -0.618. The second-order valence-electron chi connectivity index (χ2n) is 2.52. The Morgan fingerprint density at radius 1 is 1.77 bits per heavy atom. The Morgan fingerprint density at radius 3 is 2.85 bits per heavy atom. The molecule has 0 fully saturated rings. The molecule has 0 bridgehead atoms. The van der Waals surface area contributed by atoms with Gasteiger partial charge in [-0.2, -0.15) is 0 Å². The van der Waals surface area contributed by atoms with Crippen molar-refractivity contribution in [1.29, 1.82) is 0 Å². The Kier molecular flexibility index (Phi) is 6.09. The van der Waals surface area contributed by atoms with Crippen molar-refractivity contribution in [3.63, 3.8) is 0 Å². The second-order valence-corrected chi connectivity index (χ2v) is 2.52. The third-order valence-electron chi connectivity index (χ3n) is 1.50. The van der Waals surface area contributed by atoms with Crippen LogP contribution in [0.5, 0.6) is 0 Å². The molecule has 0 aliphatic carbocycles. The van der Waals surface area contributed by atoms with Crippen molar-refractivity contribution in [3.8, 4) is 0 Å². The zero-order valence-electron chi connectivity index (χ0n) is 7.50. The van der Waals surface area contributed by atoms with E-state index in [1.165, 1.54) is 13.2 Å². The van der Waals surface area contributed by atoms with E-state index in [0.29, 0.717) is 12.8 Å². The van der Waals surface area contributed by atoms with Gasteiger partial charge in [-0.25, -0.2) is 4.39 Å². The van der Waals surface area contributed by atoms with Gasteiger partial charge in [0, 0.05) is 0 Å². The summed E-state index contributed by atoms with van der Waals surface area (Å²) in [6, 6.07) is -0.729. The lowest BCUT2D eigenvalue weighted by Crippen LogP contribution is -2.31. The molecular formula is C8H14FNO3. The number of methoxy groups -OCH3 is 1. The fraction of sp³-hybridized carbons (Fsp3) is 0.625. The van der Waals surface area contributed by atoms with E-state index in [9.17, 15) is 9.18 Å². The molecule has 0 saturated carbocycles. The van der Waals surface area contributed by atoms with Crippen molar-refractivity contribution >= 4 is 5.97 Å². The van der Waals surface area contributed by atoms with Gasteiger partial charge < -0.3 is 15.6 Å². The van der Waals surface area contributed by atoms with Crippen molar-refractivity contribution < 1.29 is 19.0 Å². The van der Waals surface area contributed by atoms with Crippen LogP contribution in [0.1, 0.15) is 12.8 Å². The largest absolute Gasteiger partial charge is 0.468 e. The van der Waals surface area contributed by atoms with Crippen LogP contribution < -0.4 is 5.73 Å². The average Bonchev–Trinajstić information content (AvgIpc) is 2.15. The number of carbonyl (C=O) groups excluding carboxylic acids is 1. The molecule has 5 heteroatoms. The quantitative estimate of drug-likeness (QED) is 0.605. The van der Waals surface area contributed by atoms with E-state index >= 15 is 0 Å². The standard InChI is InChI=1S/C8H14FNO3/c1-13-8(12)7(10)4-2-3-6(9)5-11/h3,7,11H,2,4-5,10H2,1H3/b6-3-/t7-/m0/s1. The van der Waals surface area contributed by atoms with Gasteiger partial charge in [-0.05, 0) is 12.8 Å². The zero-order chi connectivity index (χ0) is 10.3. The Bertz CT molecular complexity index is 194. The molecule has 0 spiro atoms. The van der Waals surface area contributed by atoms with Gasteiger partial charge in [0.15, 0.2) is 0 Å². The summed E-state index contributed by atoms with van der Waals surface area (Å²) in [7, 11) is 1.24. The van der Waals surface area contributed by atoms with E-state index < -0.39 is 24.4 Å². The van der Waals surface area contributed by atoms with E-state index in [-0.39, 0.29) is 0 Å². The lowest BCUT2D eigenvalue weighted by atomic mass is 10.1. The van der Waals surface area contributed by atoms with Crippen molar-refractivity contribution in [2.75, 3.05) is 13.7 Å². The van der Waals surface area contributed by atoms with Crippen LogP contribution in [0.15, 0.2) is 11.9 Å². The molecule has 0 amide bonds. The molecule has 0 aromatic rings. The van der Waals surface area contributed by atoms with Crippen LogP contribution in [0.3, 0.4) is 0 Å². The van der Waals surface area contributed by atoms with Crippen LogP contribution in [-0.4, -0.2) is 30.8 Å². The van der Waals surface area contributed by atoms with Gasteiger partial charge in [0.05, 0.1) is 13.7 Å². The minimum Gasteiger partial charge on any atom is -0.468 e. The number of hydrogen-bond donors (Lipinski definition) is 2. The first-order chi connectivity index (χ1) is 6.11. The lowest BCUT2D eigenvalue weighted by Gasteiger charge is -2.06. The Labute approximate surface area is 76.2 Å². The molecule has 76 valence electrons. The van der Waals surface area contributed by atoms with Gasteiger partial charge in [0.2, 0.25) is 0 Å². The molecule has 1 atom stereocenters. The molecule has 3 N–H and O–H groups in total. The molecule has 4 nitrogen and oxygen atoms in total. The van der Waals surface area contributed by atoms with Gasteiger partial charge in [0.25, 0.3) is 0 Å². The van der Waals surface area contributed by atoms with Gasteiger partial charge in [-0.15, -0.1) is 0 Å². The van der Waals surface area contributed by atoms with E-state index in [0.717, 1.165) is 0 Å². The van der Waals surface area contributed by atoms with E-state index in [4.69, 9.17) is 10.8 Å². The van der Waals surface area contributed by atoms with Crippen LogP contribution in [0.2, 0.25) is 0 Å². The summed E-state index contributed by atoms with van der Waals surface area (Å²) >= 11 is 0. The minimum absolute atomic E-state index is 0.306. The third kappa shape index (κ3) is 5.32. The first-order valence-corrected chi connectivity index (χ1v) is 3.90. The number of allylic oxidation sites excluding steroid dienone is 1. The maximum Gasteiger partial charge on any atom is 0.322 e. The highest BCUT2D eigenvalue weighted by molar-refractivity contribution is 5.75. The average molecular weight is 191 g/mol. The number of hydrogen-bond acceptors (Lipinski definition) is 4.